The maximum Gasteiger partial charge on any atom is 0.289 e. The van der Waals surface area contributed by atoms with Gasteiger partial charge in [-0.25, -0.2) is 13.8 Å². The fraction of sp³-hybridized carbons (Fsp3) is 0.231. The van der Waals surface area contributed by atoms with Gasteiger partial charge in [0, 0.05) is 11.8 Å². The van der Waals surface area contributed by atoms with Crippen LogP contribution in [0.5, 0.6) is 0 Å². The van der Waals surface area contributed by atoms with Crippen LogP contribution in [0.25, 0.3) is 0 Å². The second kappa shape index (κ2) is 11.1. The van der Waals surface area contributed by atoms with Crippen LogP contribution in [0.3, 0.4) is 0 Å². The molecule has 3 aromatic carbocycles. The van der Waals surface area contributed by atoms with Crippen LogP contribution >= 0.6 is 0 Å². The van der Waals surface area contributed by atoms with Gasteiger partial charge in [-0.2, -0.15) is 5.10 Å². The van der Waals surface area contributed by atoms with Crippen LogP contribution in [0.2, 0.25) is 0 Å². The standard InChI is InChI=1S/C26H28N4O5S/c1-20(18-26(2,3)21-12-6-4-7-13-21)27-28-25(31)19-29(22-14-8-5-9-15-22)36(34,35)24-17-11-10-16-23(24)30(32)33/h4-17H,18-19H2,1-3H3,(H,28,31)/b27-20-. The molecule has 3 aromatic rings. The third-order valence-corrected chi connectivity index (χ3v) is 7.41. The number of rotatable bonds is 10. The summed E-state index contributed by atoms with van der Waals surface area (Å²) >= 11 is 0. The van der Waals surface area contributed by atoms with Crippen LogP contribution in [-0.4, -0.2) is 31.5 Å². The molecule has 0 heterocycles. The molecule has 0 bridgehead atoms. The van der Waals surface area contributed by atoms with Gasteiger partial charge >= 0.3 is 0 Å². The monoisotopic (exact) mass is 508 g/mol. The summed E-state index contributed by atoms with van der Waals surface area (Å²) in [6, 6.07) is 22.9. The molecular weight excluding hydrogens is 480 g/mol. The highest BCUT2D eigenvalue weighted by molar-refractivity contribution is 7.93. The number of nitrogens with zero attached hydrogens (tertiary/aromatic N) is 3. The Morgan fingerprint density at radius 1 is 0.972 bits per heavy atom. The number of nitro benzene ring substituents is 1. The predicted molar refractivity (Wildman–Crippen MR) is 139 cm³/mol. The van der Waals surface area contributed by atoms with Crippen molar-refractivity contribution in [1.82, 2.24) is 5.43 Å². The van der Waals surface area contributed by atoms with Crippen molar-refractivity contribution < 1.29 is 18.1 Å². The van der Waals surface area contributed by atoms with E-state index in [1.165, 1.54) is 24.3 Å². The number of amides is 1. The first kappa shape index (κ1) is 26.6. The Bertz CT molecular complexity index is 1360. The van der Waals surface area contributed by atoms with E-state index >= 15 is 0 Å². The predicted octanol–water partition coefficient (Wildman–Crippen LogP) is 4.65. The van der Waals surface area contributed by atoms with Gasteiger partial charge < -0.3 is 0 Å². The second-order valence-corrected chi connectivity index (χ2v) is 10.7. The lowest BCUT2D eigenvalue weighted by Crippen LogP contribution is -2.40. The molecule has 3 rings (SSSR count). The smallest absolute Gasteiger partial charge is 0.271 e. The van der Waals surface area contributed by atoms with E-state index in [0.717, 1.165) is 22.0 Å². The number of carbonyl (C=O) groups is 1. The number of carbonyl (C=O) groups excluding carboxylic acids is 1. The van der Waals surface area contributed by atoms with Crippen molar-refractivity contribution in [2.24, 2.45) is 5.10 Å². The van der Waals surface area contributed by atoms with E-state index in [9.17, 15) is 23.3 Å². The average Bonchev–Trinajstić information content (AvgIpc) is 2.86. The molecule has 1 N–H and O–H groups in total. The fourth-order valence-electron chi connectivity index (χ4n) is 3.85. The summed E-state index contributed by atoms with van der Waals surface area (Å²) in [6.45, 7) is 5.31. The molecule has 9 nitrogen and oxygen atoms in total. The van der Waals surface area contributed by atoms with Gasteiger partial charge in [0.1, 0.15) is 6.54 Å². The lowest BCUT2D eigenvalue weighted by molar-refractivity contribution is -0.387. The molecular formula is C26H28N4O5S. The first-order chi connectivity index (χ1) is 17.0. The van der Waals surface area contributed by atoms with Gasteiger partial charge in [0.05, 0.1) is 10.6 Å². The van der Waals surface area contributed by atoms with Crippen molar-refractivity contribution in [2.75, 3.05) is 10.8 Å². The summed E-state index contributed by atoms with van der Waals surface area (Å²) in [5.74, 6) is -0.683. The number of nitro groups is 1. The molecule has 0 aliphatic heterocycles. The van der Waals surface area contributed by atoms with Gasteiger partial charge in [-0.1, -0.05) is 74.5 Å². The second-order valence-electron chi connectivity index (χ2n) is 8.88. The van der Waals surface area contributed by atoms with E-state index in [1.54, 1.807) is 25.1 Å². The van der Waals surface area contributed by atoms with Gasteiger partial charge in [-0.15, -0.1) is 0 Å². The maximum absolute atomic E-state index is 13.5. The number of para-hydroxylation sites is 2. The van der Waals surface area contributed by atoms with Crippen molar-refractivity contribution in [3.63, 3.8) is 0 Å². The van der Waals surface area contributed by atoms with E-state index < -0.39 is 38.0 Å². The minimum Gasteiger partial charge on any atom is -0.271 e. The average molecular weight is 509 g/mol. The Morgan fingerprint density at radius 3 is 2.14 bits per heavy atom. The first-order valence-corrected chi connectivity index (χ1v) is 12.6. The van der Waals surface area contributed by atoms with E-state index in [1.807, 2.05) is 30.3 Å². The molecule has 0 fully saturated rings. The molecule has 0 unspecified atom stereocenters. The number of hydrogen-bond donors (Lipinski definition) is 1. The number of nitrogens with one attached hydrogen (secondary N) is 1. The number of sulfonamides is 1. The van der Waals surface area contributed by atoms with Crippen molar-refractivity contribution >= 4 is 33.0 Å². The summed E-state index contributed by atoms with van der Waals surface area (Å²) in [5, 5.41) is 15.6. The minimum absolute atomic E-state index is 0.191. The Balaban J connectivity index is 1.83. The van der Waals surface area contributed by atoms with Gasteiger partial charge in [-0.05, 0) is 42.5 Å². The molecule has 0 aromatic heterocycles. The number of hydrazone groups is 1. The van der Waals surface area contributed by atoms with Gasteiger partial charge in [0.2, 0.25) is 0 Å². The number of hydrogen-bond acceptors (Lipinski definition) is 6. The van der Waals surface area contributed by atoms with E-state index in [0.29, 0.717) is 12.1 Å². The van der Waals surface area contributed by atoms with Crippen molar-refractivity contribution in [2.45, 2.75) is 37.5 Å². The maximum atomic E-state index is 13.5. The Labute approximate surface area is 210 Å². The van der Waals surface area contributed by atoms with Crippen LogP contribution in [0.15, 0.2) is 94.9 Å². The molecule has 0 radical (unpaired) electrons. The van der Waals surface area contributed by atoms with E-state index in [-0.39, 0.29) is 11.1 Å². The van der Waals surface area contributed by atoms with Crippen LogP contribution in [0, 0.1) is 10.1 Å². The lowest BCUT2D eigenvalue weighted by Gasteiger charge is -2.25. The molecule has 0 aliphatic carbocycles. The third kappa shape index (κ3) is 6.33. The molecule has 0 saturated heterocycles. The quantitative estimate of drug-likeness (QED) is 0.243. The summed E-state index contributed by atoms with van der Waals surface area (Å²) in [7, 11) is -4.45. The van der Waals surface area contributed by atoms with E-state index in [4.69, 9.17) is 0 Å². The summed E-state index contributed by atoms with van der Waals surface area (Å²) in [5.41, 5.74) is 3.59. The van der Waals surface area contributed by atoms with Crippen LogP contribution in [0.1, 0.15) is 32.8 Å². The Kier molecular flexibility index (Phi) is 8.21. The van der Waals surface area contributed by atoms with Crippen LogP contribution in [-0.2, 0) is 20.2 Å². The van der Waals surface area contributed by atoms with Crippen LogP contribution < -0.4 is 9.73 Å². The fourth-order valence-corrected chi connectivity index (χ4v) is 5.43. The lowest BCUT2D eigenvalue weighted by atomic mass is 9.80. The molecule has 1 amide bonds. The SMILES string of the molecule is C/C(CC(C)(C)c1ccccc1)=N/NC(=O)CN(c1ccccc1)S(=O)(=O)c1ccccc1[N+](=O)[O-]. The molecule has 0 aliphatic rings. The largest absolute Gasteiger partial charge is 0.289 e. The Hall–Kier alpha value is -4.05. The van der Waals surface area contributed by atoms with Gasteiger partial charge in [0.25, 0.3) is 21.6 Å². The zero-order valence-electron chi connectivity index (χ0n) is 20.3. The molecule has 0 saturated carbocycles. The third-order valence-electron chi connectivity index (χ3n) is 5.59. The first-order valence-electron chi connectivity index (χ1n) is 11.2. The molecule has 10 heteroatoms. The van der Waals surface area contributed by atoms with Crippen molar-refractivity contribution in [1.29, 1.82) is 0 Å². The van der Waals surface area contributed by atoms with Crippen molar-refractivity contribution in [3.05, 3.63) is 101 Å². The molecule has 188 valence electrons. The highest BCUT2D eigenvalue weighted by Gasteiger charge is 2.33. The van der Waals surface area contributed by atoms with Crippen molar-refractivity contribution in [3.8, 4) is 0 Å². The highest BCUT2D eigenvalue weighted by atomic mass is 32.2. The zero-order chi connectivity index (χ0) is 26.3. The minimum atomic E-state index is -4.45. The number of anilines is 1. The topological polar surface area (TPSA) is 122 Å². The zero-order valence-corrected chi connectivity index (χ0v) is 21.1. The normalized spacial score (nSPS) is 12.1. The van der Waals surface area contributed by atoms with Gasteiger partial charge in [-0.3, -0.25) is 19.2 Å². The Morgan fingerprint density at radius 2 is 1.53 bits per heavy atom. The summed E-state index contributed by atoms with van der Waals surface area (Å²) < 4.78 is 27.8. The summed E-state index contributed by atoms with van der Waals surface area (Å²) in [6.07, 6.45) is 0.564. The molecule has 36 heavy (non-hydrogen) atoms. The van der Waals surface area contributed by atoms with E-state index in [2.05, 4.69) is 24.4 Å². The summed E-state index contributed by atoms with van der Waals surface area (Å²) in [4.78, 5) is 23.0. The van der Waals surface area contributed by atoms with Gasteiger partial charge in [0.15, 0.2) is 4.90 Å². The molecule has 0 atom stereocenters. The highest BCUT2D eigenvalue weighted by Crippen LogP contribution is 2.30. The molecule has 0 spiro atoms. The number of benzene rings is 3. The van der Waals surface area contributed by atoms with Crippen LogP contribution in [0.4, 0.5) is 11.4 Å².